The monoisotopic (exact) mass is 472 g/mol. The number of aromatic amines is 1. The molecule has 0 spiro atoms. The summed E-state index contributed by atoms with van der Waals surface area (Å²) in [5, 5.41) is 4.74. The van der Waals surface area contributed by atoms with Gasteiger partial charge in [-0.2, -0.15) is 5.10 Å². The Morgan fingerprint density at radius 2 is 2.20 bits per heavy atom. The van der Waals surface area contributed by atoms with Crippen LogP contribution in [-0.4, -0.2) is 50.3 Å². The summed E-state index contributed by atoms with van der Waals surface area (Å²) in [7, 11) is 1.87. The molecular formula is C19H23Cl3N6O2. The predicted octanol–water partition coefficient (Wildman–Crippen LogP) is 2.77. The van der Waals surface area contributed by atoms with E-state index < -0.39 is 0 Å². The largest absolute Gasteiger partial charge is 0.491 e. The second-order valence-corrected chi connectivity index (χ2v) is 7.17. The van der Waals surface area contributed by atoms with Gasteiger partial charge >= 0.3 is 0 Å². The lowest BCUT2D eigenvalue weighted by atomic mass is 9.92. The van der Waals surface area contributed by atoms with Crippen LogP contribution in [0.1, 0.15) is 33.2 Å². The minimum Gasteiger partial charge on any atom is -0.491 e. The average Bonchev–Trinajstić information content (AvgIpc) is 3.34. The Kier molecular flexibility index (Phi) is 8.14. The van der Waals surface area contributed by atoms with Gasteiger partial charge in [0.1, 0.15) is 12.4 Å². The average molecular weight is 474 g/mol. The molecule has 1 aromatic carbocycles. The van der Waals surface area contributed by atoms with E-state index in [0.717, 1.165) is 17.0 Å². The number of aromatic nitrogens is 4. The molecular weight excluding hydrogens is 451 g/mol. The molecule has 3 heterocycles. The van der Waals surface area contributed by atoms with Crippen molar-refractivity contribution in [2.75, 3.05) is 19.7 Å². The minimum atomic E-state index is -0.149. The maximum absolute atomic E-state index is 13.4. The maximum Gasteiger partial charge on any atom is 0.258 e. The zero-order valence-electron chi connectivity index (χ0n) is 16.2. The molecule has 1 amide bonds. The first-order chi connectivity index (χ1) is 13.6. The van der Waals surface area contributed by atoms with Crippen LogP contribution in [0.4, 0.5) is 0 Å². The molecule has 3 aromatic rings. The smallest absolute Gasteiger partial charge is 0.258 e. The Balaban J connectivity index is 0.00000160. The molecule has 1 aliphatic heterocycles. The number of amides is 1. The number of nitrogens with one attached hydrogen (secondary N) is 1. The van der Waals surface area contributed by atoms with E-state index in [1.54, 1.807) is 34.1 Å². The summed E-state index contributed by atoms with van der Waals surface area (Å²) in [6.07, 6.45) is 5.43. The number of nitrogens with two attached hydrogens (primary N) is 1. The third-order valence-electron chi connectivity index (χ3n) is 4.80. The Morgan fingerprint density at radius 1 is 1.40 bits per heavy atom. The molecule has 4 rings (SSSR count). The number of aryl methyl sites for hydroxylation is 1. The Hall–Kier alpha value is -2.26. The Morgan fingerprint density at radius 3 is 2.90 bits per heavy atom. The molecule has 1 atom stereocenters. The van der Waals surface area contributed by atoms with Gasteiger partial charge in [0.2, 0.25) is 0 Å². The van der Waals surface area contributed by atoms with Crippen molar-refractivity contribution >= 4 is 42.3 Å². The highest BCUT2D eigenvalue weighted by Gasteiger charge is 2.33. The molecule has 0 saturated carbocycles. The molecule has 11 heteroatoms. The van der Waals surface area contributed by atoms with Gasteiger partial charge in [0.05, 0.1) is 36.0 Å². The van der Waals surface area contributed by atoms with Crippen LogP contribution in [0.25, 0.3) is 0 Å². The molecule has 0 saturated heterocycles. The highest BCUT2D eigenvalue weighted by atomic mass is 35.5. The van der Waals surface area contributed by atoms with E-state index in [0.29, 0.717) is 42.6 Å². The van der Waals surface area contributed by atoms with Crippen molar-refractivity contribution in [2.45, 2.75) is 12.5 Å². The lowest BCUT2D eigenvalue weighted by Crippen LogP contribution is -2.39. The summed E-state index contributed by atoms with van der Waals surface area (Å²) in [5.74, 6) is 0.275. The van der Waals surface area contributed by atoms with Crippen LogP contribution in [0.5, 0.6) is 5.75 Å². The van der Waals surface area contributed by atoms with Gasteiger partial charge in [-0.15, -0.1) is 24.8 Å². The summed E-state index contributed by atoms with van der Waals surface area (Å²) < 4.78 is 7.41. The lowest BCUT2D eigenvalue weighted by molar-refractivity contribution is 0.0717. The molecule has 1 unspecified atom stereocenters. The number of benzene rings is 1. The molecule has 3 N–H and O–H groups in total. The van der Waals surface area contributed by atoms with Crippen LogP contribution in [0, 0.1) is 0 Å². The fourth-order valence-corrected chi connectivity index (χ4v) is 3.67. The van der Waals surface area contributed by atoms with Crippen LogP contribution in [0.2, 0.25) is 5.02 Å². The van der Waals surface area contributed by atoms with Crippen LogP contribution >= 0.6 is 36.4 Å². The summed E-state index contributed by atoms with van der Waals surface area (Å²) in [6, 6.07) is 5.04. The van der Waals surface area contributed by atoms with E-state index >= 15 is 0 Å². The molecule has 0 bridgehead atoms. The van der Waals surface area contributed by atoms with Crippen molar-refractivity contribution in [1.29, 1.82) is 0 Å². The minimum absolute atomic E-state index is 0. The summed E-state index contributed by atoms with van der Waals surface area (Å²) in [6.45, 7) is 1.62. The van der Waals surface area contributed by atoms with Gasteiger partial charge in [-0.1, -0.05) is 11.6 Å². The van der Waals surface area contributed by atoms with Gasteiger partial charge in [-0.25, -0.2) is 4.98 Å². The molecule has 0 aliphatic carbocycles. The predicted molar refractivity (Wildman–Crippen MR) is 119 cm³/mol. The van der Waals surface area contributed by atoms with E-state index in [4.69, 9.17) is 22.1 Å². The van der Waals surface area contributed by atoms with Crippen LogP contribution in [0.15, 0.2) is 36.9 Å². The molecule has 8 nitrogen and oxygen atoms in total. The second kappa shape index (κ2) is 10.2. The first kappa shape index (κ1) is 24.0. The van der Waals surface area contributed by atoms with Crippen molar-refractivity contribution < 1.29 is 9.53 Å². The highest BCUT2D eigenvalue weighted by molar-refractivity contribution is 6.31. The Bertz CT molecular complexity index is 1010. The fraction of sp³-hybridized carbons (Fsp3) is 0.316. The van der Waals surface area contributed by atoms with Gasteiger partial charge in [0, 0.05) is 42.8 Å². The molecule has 2 aromatic heterocycles. The summed E-state index contributed by atoms with van der Waals surface area (Å²) in [5.41, 5.74) is 8.84. The standard InChI is InChI=1S/C19H21ClN6O2.2ClH/c1-25-8-12(7-24-25)15-9-26(10-16-18(15)23-11-22-16)19(27)14-6-13(20)2-3-17(14)28-5-4-21;;/h2-3,6-8,11,15H,4-5,9-10,21H2,1H3,(H,22,23);2*1H. The number of carbonyl (C=O) groups excluding carboxylic acids is 1. The lowest BCUT2D eigenvalue weighted by Gasteiger charge is -2.32. The molecule has 1 aliphatic rings. The quantitative estimate of drug-likeness (QED) is 0.593. The Labute approximate surface area is 191 Å². The first-order valence-corrected chi connectivity index (χ1v) is 9.37. The first-order valence-electron chi connectivity index (χ1n) is 8.99. The van der Waals surface area contributed by atoms with Gasteiger partial charge < -0.3 is 20.4 Å². The fourth-order valence-electron chi connectivity index (χ4n) is 3.49. The topological polar surface area (TPSA) is 102 Å². The van der Waals surface area contributed by atoms with Crippen molar-refractivity contribution in [2.24, 2.45) is 12.8 Å². The number of hydrogen-bond acceptors (Lipinski definition) is 5. The molecule has 30 heavy (non-hydrogen) atoms. The second-order valence-electron chi connectivity index (χ2n) is 6.73. The zero-order chi connectivity index (χ0) is 19.7. The molecule has 162 valence electrons. The SMILES string of the molecule is Cl.Cl.Cn1cc(C2CN(C(=O)c3cc(Cl)ccc3OCCN)Cc3[nH]cnc32)cn1. The number of halogens is 3. The van der Waals surface area contributed by atoms with E-state index in [1.165, 1.54) is 0 Å². The van der Waals surface area contributed by atoms with E-state index in [9.17, 15) is 4.79 Å². The highest BCUT2D eigenvalue weighted by Crippen LogP contribution is 2.33. The van der Waals surface area contributed by atoms with Crippen LogP contribution in [0.3, 0.4) is 0 Å². The number of rotatable bonds is 5. The number of hydrogen-bond donors (Lipinski definition) is 2. The molecule has 0 fully saturated rings. The number of ether oxygens (including phenoxy) is 1. The van der Waals surface area contributed by atoms with E-state index in [1.807, 2.05) is 19.4 Å². The van der Waals surface area contributed by atoms with Crippen molar-refractivity contribution in [1.82, 2.24) is 24.6 Å². The number of carbonyl (C=O) groups is 1. The van der Waals surface area contributed by atoms with Crippen molar-refractivity contribution in [3.8, 4) is 5.75 Å². The molecule has 0 radical (unpaired) electrons. The van der Waals surface area contributed by atoms with Crippen LogP contribution < -0.4 is 10.5 Å². The third kappa shape index (κ3) is 4.73. The van der Waals surface area contributed by atoms with Gasteiger partial charge in [0.25, 0.3) is 5.91 Å². The van der Waals surface area contributed by atoms with Gasteiger partial charge in [-0.3, -0.25) is 9.48 Å². The van der Waals surface area contributed by atoms with Gasteiger partial charge in [-0.05, 0) is 18.2 Å². The van der Waals surface area contributed by atoms with E-state index in [-0.39, 0.29) is 36.6 Å². The van der Waals surface area contributed by atoms with Crippen molar-refractivity contribution in [3.63, 3.8) is 0 Å². The number of nitrogens with zero attached hydrogens (tertiary/aromatic N) is 4. The number of fused-ring (bicyclic) bond motifs is 1. The van der Waals surface area contributed by atoms with Crippen LogP contribution in [-0.2, 0) is 13.6 Å². The number of H-pyrrole nitrogens is 1. The maximum atomic E-state index is 13.4. The third-order valence-corrected chi connectivity index (χ3v) is 5.03. The van der Waals surface area contributed by atoms with Crippen molar-refractivity contribution in [3.05, 3.63) is 64.5 Å². The zero-order valence-corrected chi connectivity index (χ0v) is 18.6. The summed E-state index contributed by atoms with van der Waals surface area (Å²) >= 11 is 6.15. The van der Waals surface area contributed by atoms with E-state index in [2.05, 4.69) is 15.1 Å². The number of imidazole rings is 1. The van der Waals surface area contributed by atoms with Gasteiger partial charge in [0.15, 0.2) is 0 Å². The normalized spacial score (nSPS) is 15.0. The summed E-state index contributed by atoms with van der Waals surface area (Å²) in [4.78, 5) is 22.8.